The summed E-state index contributed by atoms with van der Waals surface area (Å²) < 4.78 is 31.7. The lowest BCUT2D eigenvalue weighted by atomic mass is 10.1. The first-order chi connectivity index (χ1) is 12.9. The summed E-state index contributed by atoms with van der Waals surface area (Å²) in [6.07, 6.45) is 2.95. The second kappa shape index (κ2) is 7.85. The number of esters is 1. The third-order valence-electron chi connectivity index (χ3n) is 4.37. The smallest absolute Gasteiger partial charge is 0.329 e. The number of hydrogen-bond donors (Lipinski definition) is 0. The molecule has 1 saturated heterocycles. The number of piperazine rings is 1. The Bertz CT molecular complexity index is 919. The molecule has 8 nitrogen and oxygen atoms in total. The number of carbonyl (C=O) groups is 2. The highest BCUT2D eigenvalue weighted by atomic mass is 32.2. The second-order valence-electron chi connectivity index (χ2n) is 5.96. The minimum Gasteiger partial charge on any atom is -0.467 e. The van der Waals surface area contributed by atoms with Crippen LogP contribution in [0.5, 0.6) is 0 Å². The van der Waals surface area contributed by atoms with E-state index in [0.717, 1.165) is 0 Å². The molecule has 0 saturated carbocycles. The van der Waals surface area contributed by atoms with Crippen LogP contribution < -0.4 is 0 Å². The van der Waals surface area contributed by atoms with Crippen molar-refractivity contribution in [3.05, 3.63) is 60.4 Å². The number of rotatable bonds is 4. The quantitative estimate of drug-likeness (QED) is 0.717. The molecule has 1 aliphatic heterocycles. The predicted molar refractivity (Wildman–Crippen MR) is 96.3 cm³/mol. The monoisotopic (exact) mass is 389 g/mol. The van der Waals surface area contributed by atoms with Crippen molar-refractivity contribution < 1.29 is 22.7 Å². The Labute approximate surface area is 157 Å². The number of methoxy groups -OCH3 is 1. The number of benzene rings is 1. The number of aromatic nitrogens is 1. The molecule has 2 aromatic rings. The van der Waals surface area contributed by atoms with E-state index in [0.29, 0.717) is 5.56 Å². The van der Waals surface area contributed by atoms with Crippen LogP contribution in [0.3, 0.4) is 0 Å². The van der Waals surface area contributed by atoms with Gasteiger partial charge < -0.3 is 9.64 Å². The van der Waals surface area contributed by atoms with E-state index < -0.39 is 27.9 Å². The summed E-state index contributed by atoms with van der Waals surface area (Å²) in [5, 5.41) is 0. The number of pyridine rings is 1. The fraction of sp³-hybridized carbons (Fsp3) is 0.278. The lowest BCUT2D eigenvalue weighted by Crippen LogP contribution is -2.59. The van der Waals surface area contributed by atoms with E-state index in [2.05, 4.69) is 4.98 Å². The topological polar surface area (TPSA) is 96.9 Å². The lowest BCUT2D eigenvalue weighted by Gasteiger charge is -2.39. The van der Waals surface area contributed by atoms with Crippen LogP contribution in [-0.4, -0.2) is 67.3 Å². The maximum atomic E-state index is 12.9. The van der Waals surface area contributed by atoms with Gasteiger partial charge in [0.2, 0.25) is 10.0 Å². The van der Waals surface area contributed by atoms with Gasteiger partial charge in [-0.2, -0.15) is 4.31 Å². The first kappa shape index (κ1) is 19.0. The molecule has 1 aromatic carbocycles. The molecular formula is C18H19N3O5S. The highest BCUT2D eigenvalue weighted by molar-refractivity contribution is 7.89. The summed E-state index contributed by atoms with van der Waals surface area (Å²) in [5.74, 6) is -1.06. The van der Waals surface area contributed by atoms with Gasteiger partial charge in [-0.05, 0) is 24.3 Å². The fourth-order valence-corrected chi connectivity index (χ4v) is 4.41. The van der Waals surface area contributed by atoms with Crippen LogP contribution in [0.25, 0.3) is 0 Å². The Kier molecular flexibility index (Phi) is 5.52. The first-order valence-corrected chi connectivity index (χ1v) is 9.73. The molecule has 1 unspecified atom stereocenters. The number of amides is 1. The van der Waals surface area contributed by atoms with E-state index in [9.17, 15) is 18.0 Å². The molecule has 1 aromatic heterocycles. The number of ether oxygens (including phenoxy) is 1. The van der Waals surface area contributed by atoms with Gasteiger partial charge in [-0.25, -0.2) is 13.2 Å². The van der Waals surface area contributed by atoms with Crippen molar-refractivity contribution >= 4 is 21.9 Å². The first-order valence-electron chi connectivity index (χ1n) is 8.29. The van der Waals surface area contributed by atoms with Gasteiger partial charge in [0.25, 0.3) is 5.91 Å². The van der Waals surface area contributed by atoms with Crippen LogP contribution in [0.4, 0.5) is 0 Å². The number of sulfonamides is 1. The van der Waals surface area contributed by atoms with Crippen LogP contribution in [0, 0.1) is 0 Å². The van der Waals surface area contributed by atoms with E-state index in [1.807, 2.05) is 0 Å². The third-order valence-corrected chi connectivity index (χ3v) is 6.25. The summed E-state index contributed by atoms with van der Waals surface area (Å²) in [6.45, 7) is -0.0216. The SMILES string of the molecule is COC(=O)C1CN(S(=O)(=O)c2ccccc2)CCN1C(=O)c1cccnc1. The molecule has 9 heteroatoms. The molecule has 0 spiro atoms. The normalized spacial score (nSPS) is 18.1. The minimum absolute atomic E-state index is 0.0690. The number of nitrogens with zero attached hydrogens (tertiary/aromatic N) is 3. The van der Waals surface area contributed by atoms with Gasteiger partial charge in [0.15, 0.2) is 0 Å². The fourth-order valence-electron chi connectivity index (χ4n) is 2.95. The van der Waals surface area contributed by atoms with E-state index >= 15 is 0 Å². The van der Waals surface area contributed by atoms with Crippen LogP contribution in [0.1, 0.15) is 10.4 Å². The minimum atomic E-state index is -3.78. The molecule has 2 heterocycles. The average molecular weight is 389 g/mol. The van der Waals surface area contributed by atoms with Crippen LogP contribution in [-0.2, 0) is 19.6 Å². The summed E-state index contributed by atoms with van der Waals surface area (Å²) in [5.41, 5.74) is 0.325. The third kappa shape index (κ3) is 3.83. The molecule has 0 bridgehead atoms. The molecule has 27 heavy (non-hydrogen) atoms. The molecular weight excluding hydrogens is 370 g/mol. The van der Waals surface area contributed by atoms with E-state index in [1.54, 1.807) is 36.5 Å². The Morgan fingerprint density at radius 1 is 1.11 bits per heavy atom. The zero-order valence-electron chi connectivity index (χ0n) is 14.7. The molecule has 1 atom stereocenters. The highest BCUT2D eigenvalue weighted by Crippen LogP contribution is 2.22. The average Bonchev–Trinajstić information content (AvgIpc) is 2.73. The Morgan fingerprint density at radius 2 is 1.85 bits per heavy atom. The van der Waals surface area contributed by atoms with Gasteiger partial charge in [-0.1, -0.05) is 18.2 Å². The van der Waals surface area contributed by atoms with Gasteiger partial charge >= 0.3 is 5.97 Å². The van der Waals surface area contributed by atoms with Gasteiger partial charge in [-0.15, -0.1) is 0 Å². The van der Waals surface area contributed by atoms with Crippen molar-refractivity contribution in [1.29, 1.82) is 0 Å². The summed E-state index contributed by atoms with van der Waals surface area (Å²) in [7, 11) is -2.57. The number of hydrogen-bond acceptors (Lipinski definition) is 6. The van der Waals surface area contributed by atoms with Crippen molar-refractivity contribution in [2.75, 3.05) is 26.7 Å². The molecule has 142 valence electrons. The zero-order valence-corrected chi connectivity index (χ0v) is 15.5. The lowest BCUT2D eigenvalue weighted by molar-refractivity contribution is -0.147. The Morgan fingerprint density at radius 3 is 2.48 bits per heavy atom. The molecule has 3 rings (SSSR count). The van der Waals surface area contributed by atoms with Crippen molar-refractivity contribution in [2.24, 2.45) is 0 Å². The van der Waals surface area contributed by atoms with Crippen molar-refractivity contribution in [3.63, 3.8) is 0 Å². The van der Waals surface area contributed by atoms with Gasteiger partial charge in [-0.3, -0.25) is 9.78 Å². The molecule has 0 radical (unpaired) electrons. The molecule has 1 fully saturated rings. The van der Waals surface area contributed by atoms with E-state index in [4.69, 9.17) is 4.74 Å². The molecule has 1 amide bonds. The number of carbonyl (C=O) groups excluding carboxylic acids is 2. The molecule has 1 aliphatic rings. The predicted octanol–water partition coefficient (Wildman–Crippen LogP) is 0.770. The Hall–Kier alpha value is -2.78. The maximum Gasteiger partial charge on any atom is 0.329 e. The standard InChI is InChI=1S/C18H19N3O5S/c1-26-18(23)16-13-20(27(24,25)15-7-3-2-4-8-15)10-11-21(16)17(22)14-6-5-9-19-12-14/h2-9,12,16H,10-11,13H2,1H3. The van der Waals surface area contributed by atoms with Gasteiger partial charge in [0.05, 0.1) is 17.6 Å². The van der Waals surface area contributed by atoms with E-state index in [-0.39, 0.29) is 24.5 Å². The Balaban J connectivity index is 1.87. The summed E-state index contributed by atoms with van der Waals surface area (Å²) >= 11 is 0. The summed E-state index contributed by atoms with van der Waals surface area (Å²) in [4.78, 5) is 30.4. The second-order valence-corrected chi connectivity index (χ2v) is 7.89. The zero-order chi connectivity index (χ0) is 19.4. The maximum absolute atomic E-state index is 12.9. The van der Waals surface area contributed by atoms with Gasteiger partial charge in [0.1, 0.15) is 6.04 Å². The van der Waals surface area contributed by atoms with Crippen molar-refractivity contribution in [2.45, 2.75) is 10.9 Å². The van der Waals surface area contributed by atoms with Crippen molar-refractivity contribution in [3.8, 4) is 0 Å². The highest BCUT2D eigenvalue weighted by Gasteiger charge is 2.40. The van der Waals surface area contributed by atoms with Crippen LogP contribution >= 0.6 is 0 Å². The summed E-state index contributed by atoms with van der Waals surface area (Å²) in [6, 6.07) is 10.2. The largest absolute Gasteiger partial charge is 0.467 e. The van der Waals surface area contributed by atoms with Gasteiger partial charge in [0, 0.05) is 32.0 Å². The van der Waals surface area contributed by atoms with Crippen LogP contribution in [0.2, 0.25) is 0 Å². The molecule has 0 N–H and O–H groups in total. The van der Waals surface area contributed by atoms with E-state index in [1.165, 1.54) is 34.6 Å². The molecule has 0 aliphatic carbocycles. The van der Waals surface area contributed by atoms with Crippen molar-refractivity contribution in [1.82, 2.24) is 14.2 Å². The van der Waals surface area contributed by atoms with Crippen LogP contribution in [0.15, 0.2) is 59.8 Å².